The third kappa shape index (κ3) is 4.10. The first-order chi connectivity index (χ1) is 16.4. The van der Waals surface area contributed by atoms with E-state index < -0.39 is 0 Å². The molecule has 5 aromatic rings. The van der Waals surface area contributed by atoms with Crippen LogP contribution in [0.3, 0.4) is 0 Å². The number of aryl methyl sites for hydroxylation is 2. The minimum absolute atomic E-state index is 0.116. The van der Waals surface area contributed by atoms with Gasteiger partial charge in [-0.1, -0.05) is 18.2 Å². The molecular formula is C25H25N7OS. The van der Waals surface area contributed by atoms with Crippen molar-refractivity contribution in [2.75, 3.05) is 5.32 Å². The van der Waals surface area contributed by atoms with E-state index in [4.69, 9.17) is 4.98 Å². The maximum absolute atomic E-state index is 13.6. The number of anilines is 1. The lowest BCUT2D eigenvalue weighted by Crippen LogP contribution is -2.15. The summed E-state index contributed by atoms with van der Waals surface area (Å²) in [6, 6.07) is 11.8. The van der Waals surface area contributed by atoms with Gasteiger partial charge in [-0.05, 0) is 51.5 Å². The van der Waals surface area contributed by atoms with Crippen molar-refractivity contribution >= 4 is 34.0 Å². The molecule has 0 unspecified atom stereocenters. The molecule has 0 fully saturated rings. The molecule has 0 aliphatic carbocycles. The molecule has 9 heteroatoms. The summed E-state index contributed by atoms with van der Waals surface area (Å²) >= 11 is 1.73. The van der Waals surface area contributed by atoms with Crippen LogP contribution in [0, 0.1) is 13.8 Å². The summed E-state index contributed by atoms with van der Waals surface area (Å²) in [5, 5.41) is 12.5. The number of amides is 1. The average molecular weight is 472 g/mol. The van der Waals surface area contributed by atoms with Crippen molar-refractivity contribution < 1.29 is 4.79 Å². The van der Waals surface area contributed by atoms with Crippen molar-refractivity contribution in [2.45, 2.75) is 40.3 Å². The van der Waals surface area contributed by atoms with Crippen LogP contribution in [0.1, 0.15) is 45.6 Å². The van der Waals surface area contributed by atoms with E-state index in [0.29, 0.717) is 17.8 Å². The number of pyridine rings is 1. The highest BCUT2D eigenvalue weighted by Gasteiger charge is 2.20. The van der Waals surface area contributed by atoms with Gasteiger partial charge in [0, 0.05) is 27.0 Å². The Bertz CT molecular complexity index is 1480. The van der Waals surface area contributed by atoms with Crippen molar-refractivity contribution in [1.29, 1.82) is 0 Å². The van der Waals surface area contributed by atoms with Crippen molar-refractivity contribution in [3.05, 3.63) is 76.1 Å². The number of aromatic nitrogens is 6. The molecule has 34 heavy (non-hydrogen) atoms. The Morgan fingerprint density at radius 3 is 2.68 bits per heavy atom. The molecule has 0 aliphatic rings. The number of carbonyl (C=O) groups is 1. The summed E-state index contributed by atoms with van der Waals surface area (Å²) in [5.74, 6) is -0.201. The van der Waals surface area contributed by atoms with Crippen LogP contribution in [-0.4, -0.2) is 35.4 Å². The van der Waals surface area contributed by atoms with Gasteiger partial charge in [-0.15, -0.1) is 11.3 Å². The number of nitrogens with one attached hydrogen (secondary N) is 1. The van der Waals surface area contributed by atoms with Crippen LogP contribution >= 0.6 is 11.3 Å². The van der Waals surface area contributed by atoms with E-state index in [9.17, 15) is 4.79 Å². The topological polar surface area (TPSA) is 90.5 Å². The maximum atomic E-state index is 13.6. The zero-order chi connectivity index (χ0) is 23.8. The molecule has 0 bridgehead atoms. The maximum Gasteiger partial charge on any atom is 0.256 e. The second-order valence-corrected chi connectivity index (χ2v) is 9.97. The minimum Gasteiger partial charge on any atom is -0.322 e. The van der Waals surface area contributed by atoms with Gasteiger partial charge in [-0.2, -0.15) is 10.2 Å². The van der Waals surface area contributed by atoms with E-state index in [2.05, 4.69) is 54.3 Å². The van der Waals surface area contributed by atoms with E-state index in [1.165, 1.54) is 16.1 Å². The quantitative estimate of drug-likeness (QED) is 0.365. The van der Waals surface area contributed by atoms with Gasteiger partial charge in [0.2, 0.25) is 0 Å². The van der Waals surface area contributed by atoms with Crippen molar-refractivity contribution in [3.63, 3.8) is 0 Å². The Morgan fingerprint density at radius 2 is 1.97 bits per heavy atom. The van der Waals surface area contributed by atoms with Crippen LogP contribution in [0.5, 0.6) is 0 Å². The van der Waals surface area contributed by atoms with E-state index >= 15 is 0 Å². The lowest BCUT2D eigenvalue weighted by Gasteiger charge is -2.13. The van der Waals surface area contributed by atoms with Gasteiger partial charge in [0.15, 0.2) is 5.65 Å². The number of benzene rings is 1. The molecule has 1 aromatic carbocycles. The van der Waals surface area contributed by atoms with E-state index in [0.717, 1.165) is 27.9 Å². The normalized spacial score (nSPS) is 11.4. The van der Waals surface area contributed by atoms with Crippen molar-refractivity contribution in [2.24, 2.45) is 0 Å². The fourth-order valence-corrected chi connectivity index (χ4v) is 5.00. The number of hydrogen-bond donors (Lipinski definition) is 1. The lowest BCUT2D eigenvalue weighted by atomic mass is 10.1. The molecule has 4 heterocycles. The number of para-hydroxylation sites is 1. The van der Waals surface area contributed by atoms with Crippen molar-refractivity contribution in [3.8, 4) is 11.3 Å². The summed E-state index contributed by atoms with van der Waals surface area (Å²) in [7, 11) is 0. The van der Waals surface area contributed by atoms with E-state index in [1.54, 1.807) is 28.5 Å². The fourth-order valence-electron chi connectivity index (χ4n) is 4.07. The molecule has 8 nitrogen and oxygen atoms in total. The molecule has 0 saturated heterocycles. The van der Waals surface area contributed by atoms with Gasteiger partial charge in [0.05, 0.1) is 29.4 Å². The minimum atomic E-state index is -0.201. The van der Waals surface area contributed by atoms with Crippen LogP contribution in [0.2, 0.25) is 0 Å². The molecule has 172 valence electrons. The van der Waals surface area contributed by atoms with E-state index in [1.807, 2.05) is 35.0 Å². The summed E-state index contributed by atoms with van der Waals surface area (Å²) in [6.07, 6.45) is 4.88. The Balaban J connectivity index is 1.58. The van der Waals surface area contributed by atoms with Gasteiger partial charge in [0.1, 0.15) is 12.7 Å². The average Bonchev–Trinajstić information content (AvgIpc) is 3.54. The lowest BCUT2D eigenvalue weighted by molar-refractivity contribution is 0.102. The van der Waals surface area contributed by atoms with Crippen LogP contribution in [0.15, 0.2) is 55.2 Å². The predicted octanol–water partition coefficient (Wildman–Crippen LogP) is 5.25. The molecule has 1 amide bonds. The number of rotatable bonds is 6. The van der Waals surface area contributed by atoms with Crippen LogP contribution in [0.4, 0.5) is 5.69 Å². The molecule has 4 aromatic heterocycles. The van der Waals surface area contributed by atoms with Gasteiger partial charge in [0.25, 0.3) is 5.91 Å². The largest absolute Gasteiger partial charge is 0.322 e. The Kier molecular flexibility index (Phi) is 5.70. The molecule has 0 saturated carbocycles. The first-order valence-corrected chi connectivity index (χ1v) is 11.9. The molecular weight excluding hydrogens is 446 g/mol. The Hall–Kier alpha value is -3.85. The smallest absolute Gasteiger partial charge is 0.256 e. The van der Waals surface area contributed by atoms with Crippen LogP contribution in [-0.2, 0) is 6.54 Å². The summed E-state index contributed by atoms with van der Waals surface area (Å²) in [6.45, 7) is 8.78. The zero-order valence-electron chi connectivity index (χ0n) is 19.5. The van der Waals surface area contributed by atoms with Crippen molar-refractivity contribution in [1.82, 2.24) is 29.5 Å². The number of nitrogens with zero attached hydrogens (tertiary/aromatic N) is 6. The molecule has 0 radical (unpaired) electrons. The highest BCUT2D eigenvalue weighted by atomic mass is 32.1. The molecule has 0 spiro atoms. The summed E-state index contributed by atoms with van der Waals surface area (Å²) < 4.78 is 3.59. The zero-order valence-corrected chi connectivity index (χ0v) is 20.3. The molecule has 0 aliphatic heterocycles. The predicted molar refractivity (Wildman–Crippen MR) is 134 cm³/mol. The highest BCUT2D eigenvalue weighted by molar-refractivity contribution is 7.12. The van der Waals surface area contributed by atoms with Gasteiger partial charge < -0.3 is 5.32 Å². The third-order valence-electron chi connectivity index (χ3n) is 5.68. The van der Waals surface area contributed by atoms with Crippen LogP contribution in [0.25, 0.3) is 22.3 Å². The highest BCUT2D eigenvalue weighted by Crippen LogP contribution is 2.33. The van der Waals surface area contributed by atoms with Gasteiger partial charge >= 0.3 is 0 Å². The first kappa shape index (κ1) is 22.0. The molecule has 1 N–H and O–H groups in total. The second kappa shape index (κ2) is 8.83. The monoisotopic (exact) mass is 471 g/mol. The van der Waals surface area contributed by atoms with E-state index in [-0.39, 0.29) is 11.9 Å². The standard InChI is InChI=1S/C25H25N7OS/c1-15(2)32-24-21(11-27-32)20(10-23(29-24)19-9-16(3)34-17(19)4)25(33)30-22-8-6-5-7-18(22)12-31-14-26-13-28-31/h5-11,13-15H,12H2,1-4H3,(H,30,33). The Labute approximate surface area is 201 Å². The van der Waals surface area contributed by atoms with Crippen LogP contribution < -0.4 is 5.32 Å². The fraction of sp³-hybridized carbons (Fsp3) is 0.240. The number of fused-ring (bicyclic) bond motifs is 1. The van der Waals surface area contributed by atoms with Gasteiger partial charge in [-0.25, -0.2) is 19.3 Å². The number of thiophene rings is 1. The first-order valence-electron chi connectivity index (χ1n) is 11.1. The Morgan fingerprint density at radius 1 is 1.15 bits per heavy atom. The number of hydrogen-bond acceptors (Lipinski definition) is 6. The summed E-state index contributed by atoms with van der Waals surface area (Å²) in [5.41, 5.74) is 4.74. The van der Waals surface area contributed by atoms with Gasteiger partial charge in [-0.3, -0.25) is 4.79 Å². The second-order valence-electron chi connectivity index (χ2n) is 8.51. The number of carbonyl (C=O) groups excluding carboxylic acids is 1. The summed E-state index contributed by atoms with van der Waals surface area (Å²) in [4.78, 5) is 24.9. The molecule has 0 atom stereocenters. The SMILES string of the molecule is Cc1cc(-c2cc(C(=O)Nc3ccccc3Cn3cncn3)c3cnn(C(C)C)c3n2)c(C)s1. The molecule has 5 rings (SSSR count). The third-order valence-corrected chi connectivity index (χ3v) is 6.65.